The molecular weight excluding hydrogens is 468 g/mol. The van der Waals surface area contributed by atoms with Crippen LogP contribution in [-0.4, -0.2) is 26.4 Å². The van der Waals surface area contributed by atoms with E-state index >= 15 is 0 Å². The van der Waals surface area contributed by atoms with E-state index in [1.54, 1.807) is 6.08 Å². The zero-order chi connectivity index (χ0) is 25.5. The van der Waals surface area contributed by atoms with Crippen molar-refractivity contribution in [3.8, 4) is 22.9 Å². The summed E-state index contributed by atoms with van der Waals surface area (Å²) in [6.07, 6.45) is 1.81. The van der Waals surface area contributed by atoms with E-state index in [1.165, 1.54) is 17.3 Å². The van der Waals surface area contributed by atoms with Gasteiger partial charge in [-0.25, -0.2) is 0 Å². The fraction of sp³-hybridized carbons (Fsp3) is 0.207. The van der Waals surface area contributed by atoms with Crippen molar-refractivity contribution < 1.29 is 9.53 Å². The van der Waals surface area contributed by atoms with Gasteiger partial charge in [0.15, 0.2) is 11.0 Å². The lowest BCUT2D eigenvalue weighted by atomic mass is 9.87. The lowest BCUT2D eigenvalue weighted by Crippen LogP contribution is -2.14. The van der Waals surface area contributed by atoms with Crippen LogP contribution in [0.2, 0.25) is 0 Å². The summed E-state index contributed by atoms with van der Waals surface area (Å²) in [7, 11) is 0. The third-order valence-electron chi connectivity index (χ3n) is 5.49. The van der Waals surface area contributed by atoms with E-state index in [1.807, 2.05) is 59.2 Å². The Morgan fingerprint density at radius 3 is 2.28 bits per heavy atom. The Bertz CT molecular complexity index is 1310. The molecule has 0 spiro atoms. The average molecular weight is 499 g/mol. The summed E-state index contributed by atoms with van der Waals surface area (Å²) >= 11 is 1.35. The van der Waals surface area contributed by atoms with Crippen molar-refractivity contribution in [3.05, 3.63) is 97.1 Å². The number of hydrogen-bond donors (Lipinski definition) is 1. The number of anilines is 1. The van der Waals surface area contributed by atoms with Crippen molar-refractivity contribution in [1.82, 2.24) is 14.8 Å². The van der Waals surface area contributed by atoms with Crippen LogP contribution < -0.4 is 10.1 Å². The first-order valence-corrected chi connectivity index (χ1v) is 12.7. The Balaban J connectivity index is 1.38. The summed E-state index contributed by atoms with van der Waals surface area (Å²) < 4.78 is 7.78. The number of carbonyl (C=O) groups is 1. The minimum Gasteiger partial charge on any atom is -0.457 e. The zero-order valence-corrected chi connectivity index (χ0v) is 21.6. The highest BCUT2D eigenvalue weighted by molar-refractivity contribution is 7.99. The highest BCUT2D eigenvalue weighted by atomic mass is 32.2. The maximum atomic E-state index is 12.6. The van der Waals surface area contributed by atoms with Gasteiger partial charge in [0, 0.05) is 17.8 Å². The monoisotopic (exact) mass is 498 g/mol. The van der Waals surface area contributed by atoms with E-state index < -0.39 is 0 Å². The van der Waals surface area contributed by atoms with Crippen LogP contribution in [0.3, 0.4) is 0 Å². The normalized spacial score (nSPS) is 11.2. The van der Waals surface area contributed by atoms with Gasteiger partial charge in [0.05, 0.1) is 5.75 Å². The molecule has 0 unspecified atom stereocenters. The second kappa shape index (κ2) is 11.3. The van der Waals surface area contributed by atoms with Gasteiger partial charge >= 0.3 is 0 Å². The van der Waals surface area contributed by atoms with E-state index in [9.17, 15) is 4.79 Å². The van der Waals surface area contributed by atoms with Gasteiger partial charge < -0.3 is 10.1 Å². The minimum absolute atomic E-state index is 0.0803. The molecule has 0 aliphatic rings. The molecule has 36 heavy (non-hydrogen) atoms. The molecule has 4 aromatic rings. The van der Waals surface area contributed by atoms with Crippen LogP contribution in [-0.2, 0) is 16.8 Å². The molecule has 1 amide bonds. The van der Waals surface area contributed by atoms with Crippen molar-refractivity contribution in [2.75, 3.05) is 11.1 Å². The lowest BCUT2D eigenvalue weighted by molar-refractivity contribution is -0.113. The van der Waals surface area contributed by atoms with Gasteiger partial charge in [-0.3, -0.25) is 9.36 Å². The number of allylic oxidation sites excluding steroid dienone is 1. The van der Waals surface area contributed by atoms with Crippen LogP contribution in [0.15, 0.2) is 96.7 Å². The van der Waals surface area contributed by atoms with Gasteiger partial charge in [-0.1, -0.05) is 81.1 Å². The van der Waals surface area contributed by atoms with Crippen molar-refractivity contribution >= 4 is 23.4 Å². The Hall–Kier alpha value is -3.84. The predicted molar refractivity (Wildman–Crippen MR) is 147 cm³/mol. The number of carbonyl (C=O) groups excluding carboxylic acids is 1. The molecule has 6 nitrogen and oxygen atoms in total. The molecular formula is C29H30N4O2S. The van der Waals surface area contributed by atoms with Gasteiger partial charge in [0.1, 0.15) is 11.5 Å². The van der Waals surface area contributed by atoms with Crippen molar-refractivity contribution in [1.29, 1.82) is 0 Å². The highest BCUT2D eigenvalue weighted by Gasteiger charge is 2.17. The van der Waals surface area contributed by atoms with Crippen molar-refractivity contribution in [2.45, 2.75) is 37.9 Å². The third kappa shape index (κ3) is 6.43. The number of para-hydroxylation sites is 1. The number of thioether (sulfide) groups is 1. The molecule has 4 rings (SSSR count). The third-order valence-corrected chi connectivity index (χ3v) is 6.45. The smallest absolute Gasteiger partial charge is 0.234 e. The number of hydrogen-bond acceptors (Lipinski definition) is 5. The Morgan fingerprint density at radius 1 is 0.972 bits per heavy atom. The van der Waals surface area contributed by atoms with E-state index in [-0.39, 0.29) is 17.1 Å². The Labute approximate surface area is 216 Å². The van der Waals surface area contributed by atoms with E-state index in [2.05, 4.69) is 67.1 Å². The van der Waals surface area contributed by atoms with Crippen molar-refractivity contribution in [3.63, 3.8) is 0 Å². The average Bonchev–Trinajstić information content (AvgIpc) is 3.27. The lowest BCUT2D eigenvalue weighted by Gasteiger charge is -2.19. The second-order valence-electron chi connectivity index (χ2n) is 9.31. The second-order valence-corrected chi connectivity index (χ2v) is 10.3. The Morgan fingerprint density at radius 2 is 1.64 bits per heavy atom. The zero-order valence-electron chi connectivity index (χ0n) is 20.8. The summed E-state index contributed by atoms with van der Waals surface area (Å²) in [6, 6.07) is 25.2. The van der Waals surface area contributed by atoms with Gasteiger partial charge in [0.25, 0.3) is 0 Å². The fourth-order valence-corrected chi connectivity index (χ4v) is 4.33. The molecule has 3 aromatic carbocycles. The summed E-state index contributed by atoms with van der Waals surface area (Å²) in [5.41, 5.74) is 3.02. The minimum atomic E-state index is -0.124. The van der Waals surface area contributed by atoms with Crippen LogP contribution in [0.5, 0.6) is 11.5 Å². The molecule has 184 valence electrons. The first-order chi connectivity index (χ1) is 17.3. The molecule has 1 heterocycles. The largest absolute Gasteiger partial charge is 0.457 e. The molecule has 0 fully saturated rings. The van der Waals surface area contributed by atoms with E-state index in [0.29, 0.717) is 23.1 Å². The SMILES string of the molecule is C=CCn1c(SCC(=O)Nc2ccc(Oc3ccccc3)cc2)nnc1-c1ccc(C(C)(C)C)cc1. The highest BCUT2D eigenvalue weighted by Crippen LogP contribution is 2.28. The van der Waals surface area contributed by atoms with Crippen LogP contribution in [0.25, 0.3) is 11.4 Å². The number of nitrogens with zero attached hydrogens (tertiary/aromatic N) is 3. The van der Waals surface area contributed by atoms with E-state index in [0.717, 1.165) is 17.1 Å². The Kier molecular flexibility index (Phi) is 7.90. The standard InChI is InChI=1S/C29H30N4O2S/c1-5-19-33-27(21-11-13-22(14-12-21)29(2,3)4)31-32-28(33)36-20-26(34)30-23-15-17-25(18-16-23)35-24-9-7-6-8-10-24/h5-18H,1,19-20H2,2-4H3,(H,30,34). The molecule has 0 radical (unpaired) electrons. The number of aromatic nitrogens is 3. The van der Waals surface area contributed by atoms with Crippen molar-refractivity contribution in [2.24, 2.45) is 0 Å². The van der Waals surface area contributed by atoms with Gasteiger partial charge in [-0.15, -0.1) is 16.8 Å². The molecule has 0 saturated carbocycles. The molecule has 7 heteroatoms. The number of rotatable bonds is 9. The first-order valence-electron chi connectivity index (χ1n) is 11.7. The first kappa shape index (κ1) is 25.3. The summed E-state index contributed by atoms with van der Waals surface area (Å²) in [5, 5.41) is 12.3. The topological polar surface area (TPSA) is 69.0 Å². The van der Waals surface area contributed by atoms with Gasteiger partial charge in [0.2, 0.25) is 5.91 Å². The van der Waals surface area contributed by atoms with Crippen LogP contribution in [0, 0.1) is 0 Å². The van der Waals surface area contributed by atoms with Crippen LogP contribution in [0.1, 0.15) is 26.3 Å². The van der Waals surface area contributed by atoms with Gasteiger partial charge in [-0.05, 0) is 47.4 Å². The maximum Gasteiger partial charge on any atom is 0.234 e. The maximum absolute atomic E-state index is 12.6. The summed E-state index contributed by atoms with van der Waals surface area (Å²) in [5.74, 6) is 2.31. The predicted octanol–water partition coefficient (Wildman–Crippen LogP) is 6.95. The molecule has 0 atom stereocenters. The quantitative estimate of drug-likeness (QED) is 0.200. The number of benzene rings is 3. The summed E-state index contributed by atoms with van der Waals surface area (Å²) in [4.78, 5) is 12.6. The number of nitrogens with one attached hydrogen (secondary N) is 1. The van der Waals surface area contributed by atoms with Crippen LogP contribution in [0.4, 0.5) is 5.69 Å². The molecule has 1 aromatic heterocycles. The molecule has 0 aliphatic heterocycles. The fourth-order valence-electron chi connectivity index (χ4n) is 3.58. The molecule has 0 bridgehead atoms. The van der Waals surface area contributed by atoms with Crippen LogP contribution >= 0.6 is 11.8 Å². The van der Waals surface area contributed by atoms with Gasteiger partial charge in [-0.2, -0.15) is 0 Å². The molecule has 0 aliphatic carbocycles. The van der Waals surface area contributed by atoms with E-state index in [4.69, 9.17) is 4.74 Å². The number of ether oxygens (including phenoxy) is 1. The molecule has 0 saturated heterocycles. The number of amides is 1. The summed E-state index contributed by atoms with van der Waals surface area (Å²) in [6.45, 7) is 11.0. The molecule has 1 N–H and O–H groups in total.